The van der Waals surface area contributed by atoms with Gasteiger partial charge in [0.2, 0.25) is 0 Å². The molecule has 2 N–H and O–H groups in total. The molecule has 164 valence electrons. The Bertz CT molecular complexity index is 934. The topological polar surface area (TPSA) is 50.4 Å². The van der Waals surface area contributed by atoms with Gasteiger partial charge in [-0.15, -0.1) is 11.3 Å². The molecular weight excluding hydrogens is 424 g/mol. The summed E-state index contributed by atoms with van der Waals surface area (Å²) in [6.07, 6.45) is 8.69. The fraction of sp³-hybridized carbons (Fsp3) is 0.520. The van der Waals surface area contributed by atoms with Gasteiger partial charge in [0.1, 0.15) is 5.00 Å². The number of carbonyl (C=O) groups excluding carboxylic acids is 1. The third-order valence-corrected chi connectivity index (χ3v) is 8.40. The van der Waals surface area contributed by atoms with Crippen LogP contribution in [-0.2, 0) is 11.2 Å². The molecular formula is C25H30N2O2S2. The highest BCUT2D eigenvalue weighted by atomic mass is 32.1. The second kappa shape index (κ2) is 8.55. The molecule has 2 aromatic rings. The zero-order valence-electron chi connectivity index (χ0n) is 18.0. The molecule has 4 aliphatic rings. The van der Waals surface area contributed by atoms with Crippen molar-refractivity contribution in [3.63, 3.8) is 0 Å². The average Bonchev–Trinajstić information content (AvgIpc) is 3.09. The number of carbonyl (C=O) groups is 1. The van der Waals surface area contributed by atoms with E-state index in [1.165, 1.54) is 44.1 Å². The van der Waals surface area contributed by atoms with E-state index in [0.717, 1.165) is 34.1 Å². The summed E-state index contributed by atoms with van der Waals surface area (Å²) in [4.78, 5) is 13.7. The van der Waals surface area contributed by atoms with E-state index >= 15 is 0 Å². The Morgan fingerprint density at radius 3 is 2.39 bits per heavy atom. The van der Waals surface area contributed by atoms with Gasteiger partial charge in [-0.25, -0.2) is 4.79 Å². The molecule has 0 saturated heterocycles. The van der Waals surface area contributed by atoms with Gasteiger partial charge in [-0.1, -0.05) is 30.3 Å². The molecule has 1 heterocycles. The fourth-order valence-electron chi connectivity index (χ4n) is 6.42. The van der Waals surface area contributed by atoms with Crippen molar-refractivity contribution in [1.82, 2.24) is 5.32 Å². The van der Waals surface area contributed by atoms with Gasteiger partial charge in [-0.05, 0) is 87.1 Å². The number of esters is 1. The van der Waals surface area contributed by atoms with Crippen LogP contribution in [0.3, 0.4) is 0 Å². The summed E-state index contributed by atoms with van der Waals surface area (Å²) in [5, 5.41) is 8.50. The number of hydrogen-bond acceptors (Lipinski definition) is 4. The molecule has 4 nitrogen and oxygen atoms in total. The van der Waals surface area contributed by atoms with E-state index in [1.54, 1.807) is 11.3 Å². The van der Waals surface area contributed by atoms with Crippen molar-refractivity contribution < 1.29 is 9.53 Å². The van der Waals surface area contributed by atoms with Crippen LogP contribution >= 0.6 is 23.6 Å². The molecule has 4 aliphatic carbocycles. The first-order valence-corrected chi connectivity index (χ1v) is 12.7. The van der Waals surface area contributed by atoms with Crippen LogP contribution < -0.4 is 10.6 Å². The first-order chi connectivity index (χ1) is 15.0. The summed E-state index contributed by atoms with van der Waals surface area (Å²) in [6, 6.07) is 12.3. The molecule has 1 aromatic heterocycles. The van der Waals surface area contributed by atoms with Crippen LogP contribution in [0.15, 0.2) is 36.4 Å². The van der Waals surface area contributed by atoms with Crippen molar-refractivity contribution in [2.45, 2.75) is 57.4 Å². The maximum Gasteiger partial charge on any atom is 0.341 e. The largest absolute Gasteiger partial charge is 0.462 e. The number of thiocarbonyl (C=S) groups is 1. The smallest absolute Gasteiger partial charge is 0.341 e. The molecule has 0 spiro atoms. The second-order valence-corrected chi connectivity index (χ2v) is 11.2. The van der Waals surface area contributed by atoms with E-state index < -0.39 is 0 Å². The minimum absolute atomic E-state index is 0.146. The zero-order valence-corrected chi connectivity index (χ0v) is 19.6. The van der Waals surface area contributed by atoms with Crippen LogP contribution in [0.4, 0.5) is 5.00 Å². The summed E-state index contributed by atoms with van der Waals surface area (Å²) >= 11 is 7.34. The Morgan fingerprint density at radius 2 is 1.77 bits per heavy atom. The van der Waals surface area contributed by atoms with Gasteiger partial charge in [0.25, 0.3) is 0 Å². The lowest BCUT2D eigenvalue weighted by molar-refractivity contribution is -0.00972. The number of benzene rings is 1. The first kappa shape index (κ1) is 21.0. The molecule has 6 heteroatoms. The van der Waals surface area contributed by atoms with E-state index in [4.69, 9.17) is 17.0 Å². The van der Waals surface area contributed by atoms with Crippen molar-refractivity contribution in [1.29, 1.82) is 0 Å². The van der Waals surface area contributed by atoms with E-state index in [2.05, 4.69) is 22.8 Å². The van der Waals surface area contributed by atoms with Crippen LogP contribution in [-0.4, -0.2) is 23.2 Å². The summed E-state index contributed by atoms with van der Waals surface area (Å²) in [5.41, 5.74) is 1.94. The van der Waals surface area contributed by atoms with Crippen molar-refractivity contribution in [2.24, 2.45) is 17.8 Å². The van der Waals surface area contributed by atoms with Gasteiger partial charge in [0.05, 0.1) is 12.2 Å². The molecule has 31 heavy (non-hydrogen) atoms. The van der Waals surface area contributed by atoms with Gasteiger partial charge in [0, 0.05) is 16.8 Å². The second-order valence-electron chi connectivity index (χ2n) is 9.62. The standard InChI is InChI=1S/C25H30N2O2S2/c1-2-29-23(28)21-12-20(11-16-6-4-3-5-7-16)31-22(21)26-24(30)27-25-13-17-8-18(14-25)10-19(9-17)15-25/h3-7,12,17-19H,2,8-11,13-15H2,1H3,(H2,26,27,30). The third-order valence-electron chi connectivity index (χ3n) is 7.14. The molecule has 1 aromatic carbocycles. The molecule has 0 radical (unpaired) electrons. The number of thiophene rings is 1. The van der Waals surface area contributed by atoms with E-state index in [1.807, 2.05) is 31.2 Å². The highest BCUT2D eigenvalue weighted by Crippen LogP contribution is 2.55. The monoisotopic (exact) mass is 454 g/mol. The molecule has 6 rings (SSSR count). The van der Waals surface area contributed by atoms with Gasteiger partial charge >= 0.3 is 5.97 Å². The molecule has 0 aliphatic heterocycles. The summed E-state index contributed by atoms with van der Waals surface area (Å²) < 4.78 is 5.31. The maximum atomic E-state index is 12.6. The quantitative estimate of drug-likeness (QED) is 0.429. The minimum atomic E-state index is -0.293. The number of ether oxygens (including phenoxy) is 1. The Kier molecular flexibility index (Phi) is 5.78. The Balaban J connectivity index is 1.32. The lowest BCUT2D eigenvalue weighted by Crippen LogP contribution is -2.60. The van der Waals surface area contributed by atoms with Gasteiger partial charge in [-0.3, -0.25) is 0 Å². The molecule has 0 atom stereocenters. The van der Waals surface area contributed by atoms with Crippen molar-refractivity contribution in [2.75, 3.05) is 11.9 Å². The molecule has 4 saturated carbocycles. The molecule has 4 bridgehead atoms. The van der Waals surface area contributed by atoms with Crippen molar-refractivity contribution in [3.8, 4) is 0 Å². The Morgan fingerprint density at radius 1 is 1.13 bits per heavy atom. The summed E-state index contributed by atoms with van der Waals surface area (Å²) in [7, 11) is 0. The minimum Gasteiger partial charge on any atom is -0.462 e. The highest BCUT2D eigenvalue weighted by Gasteiger charge is 2.51. The van der Waals surface area contributed by atoms with Gasteiger partial charge in [0.15, 0.2) is 5.11 Å². The summed E-state index contributed by atoms with van der Waals surface area (Å²) in [6.45, 7) is 2.19. The van der Waals surface area contributed by atoms with Crippen LogP contribution in [0.5, 0.6) is 0 Å². The van der Waals surface area contributed by atoms with Gasteiger partial charge in [-0.2, -0.15) is 0 Å². The predicted octanol–water partition coefficient (Wildman–Crippen LogP) is 5.77. The van der Waals surface area contributed by atoms with Crippen molar-refractivity contribution in [3.05, 3.63) is 52.4 Å². The average molecular weight is 455 g/mol. The third kappa shape index (κ3) is 4.51. The van der Waals surface area contributed by atoms with Gasteiger partial charge < -0.3 is 15.4 Å². The first-order valence-electron chi connectivity index (χ1n) is 11.4. The number of hydrogen-bond donors (Lipinski definition) is 2. The number of rotatable bonds is 6. The molecule has 4 fully saturated rings. The molecule has 0 unspecified atom stereocenters. The SMILES string of the molecule is CCOC(=O)c1cc(Cc2ccccc2)sc1NC(=S)NC12CC3CC(CC(C3)C1)C2. The predicted molar refractivity (Wildman–Crippen MR) is 130 cm³/mol. The fourth-order valence-corrected chi connectivity index (χ4v) is 7.88. The Labute approximate surface area is 193 Å². The summed E-state index contributed by atoms with van der Waals surface area (Å²) in [5.74, 6) is 2.28. The van der Waals surface area contributed by atoms with Crippen LogP contribution in [0.2, 0.25) is 0 Å². The normalized spacial score (nSPS) is 28.4. The van der Waals surface area contributed by atoms with E-state index in [-0.39, 0.29) is 11.5 Å². The van der Waals surface area contributed by atoms with Crippen LogP contribution in [0.1, 0.15) is 66.2 Å². The Hall–Kier alpha value is -1.92. The zero-order chi connectivity index (χ0) is 21.4. The maximum absolute atomic E-state index is 12.6. The van der Waals surface area contributed by atoms with E-state index in [0.29, 0.717) is 17.3 Å². The van der Waals surface area contributed by atoms with E-state index in [9.17, 15) is 4.79 Å². The van der Waals surface area contributed by atoms with Crippen molar-refractivity contribution >= 4 is 39.6 Å². The number of nitrogens with one attached hydrogen (secondary N) is 2. The van der Waals surface area contributed by atoms with Crippen LogP contribution in [0, 0.1) is 17.8 Å². The molecule has 0 amide bonds. The lowest BCUT2D eigenvalue weighted by atomic mass is 9.53. The number of anilines is 1. The highest BCUT2D eigenvalue weighted by molar-refractivity contribution is 7.80. The lowest BCUT2D eigenvalue weighted by Gasteiger charge is -2.57. The van der Waals surface area contributed by atoms with Crippen LogP contribution in [0.25, 0.3) is 0 Å².